The van der Waals surface area contributed by atoms with Gasteiger partial charge in [0.25, 0.3) is 5.69 Å². The Balaban J connectivity index is 2.18. The maximum atomic E-state index is 12.1. The summed E-state index contributed by atoms with van der Waals surface area (Å²) >= 11 is 0. The second-order valence-electron chi connectivity index (χ2n) is 4.17. The summed E-state index contributed by atoms with van der Waals surface area (Å²) in [5.41, 5.74) is 6.03. The second kappa shape index (κ2) is 5.85. The SMILES string of the molecule is Nc1ccncc1S(=O)(=O)NCc1cccc([N+](=O)[O-])c1. The Morgan fingerprint density at radius 1 is 1.33 bits per heavy atom. The van der Waals surface area contributed by atoms with Crippen LogP contribution in [0.15, 0.2) is 47.6 Å². The van der Waals surface area contributed by atoms with Crippen LogP contribution in [0, 0.1) is 10.1 Å². The van der Waals surface area contributed by atoms with Crippen molar-refractivity contribution in [2.75, 3.05) is 5.73 Å². The van der Waals surface area contributed by atoms with Crippen LogP contribution in [-0.2, 0) is 16.6 Å². The molecule has 0 atom stereocenters. The molecule has 0 radical (unpaired) electrons. The van der Waals surface area contributed by atoms with Crippen LogP contribution in [0.5, 0.6) is 0 Å². The van der Waals surface area contributed by atoms with Gasteiger partial charge in [-0.3, -0.25) is 15.1 Å². The fourth-order valence-corrected chi connectivity index (χ4v) is 2.74. The number of non-ortho nitro benzene ring substituents is 1. The lowest BCUT2D eigenvalue weighted by atomic mass is 10.2. The smallest absolute Gasteiger partial charge is 0.269 e. The van der Waals surface area contributed by atoms with E-state index in [0.717, 1.165) is 6.20 Å². The van der Waals surface area contributed by atoms with Gasteiger partial charge in [-0.2, -0.15) is 0 Å². The molecule has 0 saturated carbocycles. The summed E-state index contributed by atoms with van der Waals surface area (Å²) in [4.78, 5) is 13.7. The Bertz CT molecular complexity index is 776. The van der Waals surface area contributed by atoms with Crippen molar-refractivity contribution >= 4 is 21.4 Å². The lowest BCUT2D eigenvalue weighted by Gasteiger charge is -2.08. The van der Waals surface area contributed by atoms with Crippen LogP contribution in [0.1, 0.15) is 5.56 Å². The number of rotatable bonds is 5. The molecule has 0 aliphatic carbocycles. The van der Waals surface area contributed by atoms with E-state index in [4.69, 9.17) is 5.73 Å². The molecular weight excluding hydrogens is 296 g/mol. The van der Waals surface area contributed by atoms with E-state index in [9.17, 15) is 18.5 Å². The largest absolute Gasteiger partial charge is 0.398 e. The highest BCUT2D eigenvalue weighted by atomic mass is 32.2. The van der Waals surface area contributed by atoms with E-state index in [1.54, 1.807) is 6.07 Å². The predicted octanol–water partition coefficient (Wildman–Crippen LogP) is 1.05. The Morgan fingerprint density at radius 3 is 2.76 bits per heavy atom. The fourth-order valence-electron chi connectivity index (χ4n) is 1.65. The van der Waals surface area contributed by atoms with Gasteiger partial charge in [0.2, 0.25) is 10.0 Å². The average molecular weight is 308 g/mol. The number of hydrogen-bond donors (Lipinski definition) is 2. The normalized spacial score (nSPS) is 11.2. The number of nitro benzene ring substituents is 1. The molecule has 1 aromatic carbocycles. The number of nitrogens with two attached hydrogens (primary N) is 1. The molecule has 2 rings (SSSR count). The zero-order valence-electron chi connectivity index (χ0n) is 10.8. The molecule has 9 heteroatoms. The Labute approximate surface area is 120 Å². The summed E-state index contributed by atoms with van der Waals surface area (Å²) in [5.74, 6) is 0. The standard InChI is InChI=1S/C12H12N4O4S/c13-11-4-5-14-8-12(11)21(19,20)15-7-9-2-1-3-10(6-9)16(17)18/h1-6,8,15H,7H2,(H2,13,14). The molecule has 1 aromatic heterocycles. The molecule has 21 heavy (non-hydrogen) atoms. The molecule has 0 unspecified atom stereocenters. The van der Waals surface area contributed by atoms with E-state index in [2.05, 4.69) is 9.71 Å². The molecule has 0 aliphatic rings. The Morgan fingerprint density at radius 2 is 2.10 bits per heavy atom. The first-order chi connectivity index (χ1) is 9.90. The minimum absolute atomic E-state index is 0.0801. The van der Waals surface area contributed by atoms with E-state index in [1.165, 1.54) is 30.5 Å². The van der Waals surface area contributed by atoms with E-state index in [-0.39, 0.29) is 22.8 Å². The van der Waals surface area contributed by atoms with Gasteiger partial charge in [0.15, 0.2) is 0 Å². The van der Waals surface area contributed by atoms with E-state index in [1.807, 2.05) is 0 Å². The molecule has 0 bridgehead atoms. The number of nitrogens with zero attached hydrogens (tertiary/aromatic N) is 2. The van der Waals surface area contributed by atoms with Crippen LogP contribution in [0.2, 0.25) is 0 Å². The second-order valence-corrected chi connectivity index (χ2v) is 5.90. The maximum absolute atomic E-state index is 12.1. The lowest BCUT2D eigenvalue weighted by Crippen LogP contribution is -2.24. The van der Waals surface area contributed by atoms with Gasteiger partial charge in [0.1, 0.15) is 4.90 Å². The maximum Gasteiger partial charge on any atom is 0.269 e. The number of aromatic nitrogens is 1. The summed E-state index contributed by atoms with van der Waals surface area (Å²) in [6, 6.07) is 7.08. The first-order valence-electron chi connectivity index (χ1n) is 5.82. The van der Waals surface area contributed by atoms with Gasteiger partial charge in [-0.05, 0) is 11.6 Å². The predicted molar refractivity (Wildman–Crippen MR) is 75.8 cm³/mol. The molecule has 0 fully saturated rings. The van der Waals surface area contributed by atoms with Gasteiger partial charge in [0, 0.05) is 31.1 Å². The van der Waals surface area contributed by atoms with Crippen molar-refractivity contribution in [2.24, 2.45) is 0 Å². The van der Waals surface area contributed by atoms with Crippen molar-refractivity contribution in [3.05, 3.63) is 58.4 Å². The van der Waals surface area contributed by atoms with Crippen LogP contribution in [-0.4, -0.2) is 18.3 Å². The third-order valence-electron chi connectivity index (χ3n) is 2.69. The number of nitrogen functional groups attached to an aromatic ring is 1. The number of anilines is 1. The van der Waals surface area contributed by atoms with Crippen molar-refractivity contribution in [2.45, 2.75) is 11.4 Å². The molecule has 2 aromatic rings. The highest BCUT2D eigenvalue weighted by Crippen LogP contribution is 2.17. The van der Waals surface area contributed by atoms with Gasteiger partial charge in [0.05, 0.1) is 10.6 Å². The summed E-state index contributed by atoms with van der Waals surface area (Å²) in [6.45, 7) is -0.0850. The highest BCUT2D eigenvalue weighted by Gasteiger charge is 2.17. The Hall–Kier alpha value is -2.52. The molecule has 0 spiro atoms. The van der Waals surface area contributed by atoms with E-state index >= 15 is 0 Å². The molecule has 0 saturated heterocycles. The van der Waals surface area contributed by atoms with Gasteiger partial charge < -0.3 is 5.73 Å². The third-order valence-corrected chi connectivity index (χ3v) is 4.14. The molecule has 1 heterocycles. The fraction of sp³-hybridized carbons (Fsp3) is 0.0833. The minimum atomic E-state index is -3.83. The molecule has 110 valence electrons. The van der Waals surface area contributed by atoms with Gasteiger partial charge >= 0.3 is 0 Å². The number of nitrogens with one attached hydrogen (secondary N) is 1. The minimum Gasteiger partial charge on any atom is -0.398 e. The van der Waals surface area contributed by atoms with Gasteiger partial charge in [-0.15, -0.1) is 0 Å². The molecular formula is C12H12N4O4S. The van der Waals surface area contributed by atoms with Crippen molar-refractivity contribution in [3.8, 4) is 0 Å². The van der Waals surface area contributed by atoms with Gasteiger partial charge in [-0.25, -0.2) is 13.1 Å². The number of benzene rings is 1. The average Bonchev–Trinajstić information content (AvgIpc) is 2.46. The Kier molecular flexibility index (Phi) is 4.15. The van der Waals surface area contributed by atoms with Crippen molar-refractivity contribution < 1.29 is 13.3 Å². The monoisotopic (exact) mass is 308 g/mol. The first-order valence-corrected chi connectivity index (χ1v) is 7.31. The summed E-state index contributed by atoms with van der Waals surface area (Å²) < 4.78 is 26.5. The topological polar surface area (TPSA) is 128 Å². The van der Waals surface area contributed by atoms with Crippen LogP contribution >= 0.6 is 0 Å². The molecule has 0 aliphatic heterocycles. The van der Waals surface area contributed by atoms with Crippen molar-refractivity contribution in [1.82, 2.24) is 9.71 Å². The zero-order chi connectivity index (χ0) is 15.5. The van der Waals surface area contributed by atoms with Crippen LogP contribution in [0.3, 0.4) is 0 Å². The summed E-state index contributed by atoms with van der Waals surface area (Å²) in [6.07, 6.45) is 2.53. The van der Waals surface area contributed by atoms with Crippen LogP contribution in [0.4, 0.5) is 11.4 Å². The van der Waals surface area contributed by atoms with Crippen molar-refractivity contribution in [3.63, 3.8) is 0 Å². The quantitative estimate of drug-likeness (QED) is 0.627. The van der Waals surface area contributed by atoms with E-state index in [0.29, 0.717) is 5.56 Å². The summed E-state index contributed by atoms with van der Waals surface area (Å²) in [5, 5.41) is 10.7. The van der Waals surface area contributed by atoms with Crippen LogP contribution < -0.4 is 10.5 Å². The molecule has 3 N–H and O–H groups in total. The first kappa shape index (κ1) is 14.9. The zero-order valence-corrected chi connectivity index (χ0v) is 11.6. The van der Waals surface area contributed by atoms with Crippen molar-refractivity contribution in [1.29, 1.82) is 0 Å². The highest BCUT2D eigenvalue weighted by molar-refractivity contribution is 7.89. The number of pyridine rings is 1. The van der Waals surface area contributed by atoms with E-state index < -0.39 is 14.9 Å². The molecule has 8 nitrogen and oxygen atoms in total. The molecule has 0 amide bonds. The lowest BCUT2D eigenvalue weighted by molar-refractivity contribution is -0.384. The number of nitro groups is 1. The van der Waals surface area contributed by atoms with Crippen LogP contribution in [0.25, 0.3) is 0 Å². The van der Waals surface area contributed by atoms with Gasteiger partial charge in [-0.1, -0.05) is 12.1 Å². The number of sulfonamides is 1. The third kappa shape index (κ3) is 3.52. The number of hydrogen-bond acceptors (Lipinski definition) is 6. The summed E-state index contributed by atoms with van der Waals surface area (Å²) in [7, 11) is -3.83.